The van der Waals surface area contributed by atoms with Gasteiger partial charge in [-0.2, -0.15) is 0 Å². The highest BCUT2D eigenvalue weighted by molar-refractivity contribution is 5.75. The van der Waals surface area contributed by atoms with Crippen LogP contribution in [0.3, 0.4) is 0 Å². The molecule has 0 aliphatic heterocycles. The molecule has 0 saturated heterocycles. The molecule has 0 bridgehead atoms. The van der Waals surface area contributed by atoms with Gasteiger partial charge in [0.25, 0.3) is 0 Å². The van der Waals surface area contributed by atoms with E-state index in [-0.39, 0.29) is 0 Å². The van der Waals surface area contributed by atoms with E-state index in [1.807, 2.05) is 0 Å². The van der Waals surface area contributed by atoms with E-state index in [0.29, 0.717) is 5.92 Å². The molecule has 4 rings (SSSR count). The number of aromatic nitrogens is 2. The molecule has 1 heterocycles. The lowest BCUT2D eigenvalue weighted by atomic mass is 10.0. The van der Waals surface area contributed by atoms with Crippen molar-refractivity contribution < 1.29 is 0 Å². The van der Waals surface area contributed by atoms with E-state index in [0.717, 1.165) is 24.0 Å². The summed E-state index contributed by atoms with van der Waals surface area (Å²) in [6.45, 7) is 3.07. The molecule has 0 amide bonds. The number of imidazole rings is 1. The van der Waals surface area contributed by atoms with Crippen LogP contribution in [-0.4, -0.2) is 9.55 Å². The third-order valence-corrected chi connectivity index (χ3v) is 4.53. The average Bonchev–Trinajstić information content (AvgIpc) is 3.37. The Morgan fingerprint density at radius 1 is 1.15 bits per heavy atom. The first-order valence-corrected chi connectivity index (χ1v) is 7.74. The molecule has 0 spiro atoms. The number of anilines is 1. The molecule has 3 heteroatoms. The first kappa shape index (κ1) is 12.0. The van der Waals surface area contributed by atoms with Crippen LogP contribution in [0, 0.1) is 0 Å². The Labute approximate surface area is 119 Å². The summed E-state index contributed by atoms with van der Waals surface area (Å²) in [6.07, 6.45) is 5.14. The lowest BCUT2D eigenvalue weighted by molar-refractivity contribution is 0.708. The van der Waals surface area contributed by atoms with Crippen LogP contribution in [0.5, 0.6) is 0 Å². The second kappa shape index (κ2) is 4.37. The minimum atomic E-state index is 0.638. The van der Waals surface area contributed by atoms with Gasteiger partial charge in [-0.15, -0.1) is 0 Å². The van der Waals surface area contributed by atoms with Crippen LogP contribution in [0.1, 0.15) is 55.8 Å². The Balaban J connectivity index is 1.86. The topological polar surface area (TPSA) is 43.8 Å². The molecule has 0 radical (unpaired) electrons. The van der Waals surface area contributed by atoms with Crippen molar-refractivity contribution in [3.05, 3.63) is 35.7 Å². The Kier molecular flexibility index (Phi) is 2.62. The molecule has 2 aromatic rings. The van der Waals surface area contributed by atoms with E-state index in [1.54, 1.807) is 0 Å². The standard InChI is InChI=1S/C17H21N3/c1-2-20-16(18)15(19-17(20)12-9-10-12)14-6-4-3-5-13(14)11-7-8-11/h3-6,11-12H,2,7-10,18H2,1H3. The van der Waals surface area contributed by atoms with Gasteiger partial charge in [-0.1, -0.05) is 24.3 Å². The third kappa shape index (κ3) is 1.84. The zero-order valence-corrected chi connectivity index (χ0v) is 12.0. The van der Waals surface area contributed by atoms with Crippen LogP contribution in [0.15, 0.2) is 24.3 Å². The average molecular weight is 267 g/mol. The molecule has 2 aliphatic carbocycles. The third-order valence-electron chi connectivity index (χ3n) is 4.53. The number of hydrogen-bond donors (Lipinski definition) is 1. The van der Waals surface area contributed by atoms with Crippen LogP contribution in [0.2, 0.25) is 0 Å². The molecule has 104 valence electrons. The quantitative estimate of drug-likeness (QED) is 0.912. The maximum atomic E-state index is 6.40. The fourth-order valence-corrected chi connectivity index (χ4v) is 3.13. The molecular weight excluding hydrogens is 246 g/mol. The van der Waals surface area contributed by atoms with Gasteiger partial charge in [0.1, 0.15) is 17.3 Å². The first-order chi connectivity index (χ1) is 9.79. The fraction of sp³-hybridized carbons (Fsp3) is 0.471. The van der Waals surface area contributed by atoms with Crippen LogP contribution in [0.25, 0.3) is 11.3 Å². The molecule has 1 aromatic heterocycles. The summed E-state index contributed by atoms with van der Waals surface area (Å²) in [5, 5.41) is 0. The summed E-state index contributed by atoms with van der Waals surface area (Å²) in [5.41, 5.74) is 10.1. The lowest BCUT2D eigenvalue weighted by Crippen LogP contribution is -2.04. The molecule has 3 nitrogen and oxygen atoms in total. The summed E-state index contributed by atoms with van der Waals surface area (Å²) in [6, 6.07) is 8.66. The SMILES string of the molecule is CCn1c(C2CC2)nc(-c2ccccc2C2CC2)c1N. The van der Waals surface area contributed by atoms with Gasteiger partial charge in [-0.25, -0.2) is 4.98 Å². The first-order valence-electron chi connectivity index (χ1n) is 7.74. The van der Waals surface area contributed by atoms with Crippen LogP contribution >= 0.6 is 0 Å². The Morgan fingerprint density at radius 2 is 1.85 bits per heavy atom. The zero-order chi connectivity index (χ0) is 13.7. The van der Waals surface area contributed by atoms with Crippen molar-refractivity contribution >= 4 is 5.82 Å². The van der Waals surface area contributed by atoms with Gasteiger partial charge in [0, 0.05) is 18.0 Å². The molecular formula is C17H21N3. The number of hydrogen-bond acceptors (Lipinski definition) is 2. The second-order valence-corrected chi connectivity index (χ2v) is 6.08. The molecule has 1 aromatic carbocycles. The molecule has 2 fully saturated rings. The number of nitrogens with two attached hydrogens (primary N) is 1. The molecule has 2 aliphatic rings. The highest BCUT2D eigenvalue weighted by Gasteiger charge is 2.32. The predicted molar refractivity (Wildman–Crippen MR) is 81.7 cm³/mol. The Morgan fingerprint density at radius 3 is 2.50 bits per heavy atom. The largest absolute Gasteiger partial charge is 0.383 e. The van der Waals surface area contributed by atoms with E-state index >= 15 is 0 Å². The number of benzene rings is 1. The van der Waals surface area contributed by atoms with Gasteiger partial charge in [0.05, 0.1) is 0 Å². The van der Waals surface area contributed by atoms with Crippen molar-refractivity contribution in [1.29, 1.82) is 0 Å². The van der Waals surface area contributed by atoms with Crippen LogP contribution < -0.4 is 5.73 Å². The van der Waals surface area contributed by atoms with Crippen molar-refractivity contribution in [2.75, 3.05) is 5.73 Å². The second-order valence-electron chi connectivity index (χ2n) is 6.08. The summed E-state index contributed by atoms with van der Waals surface area (Å²) < 4.78 is 2.21. The molecule has 2 saturated carbocycles. The van der Waals surface area contributed by atoms with Crippen molar-refractivity contribution in [2.45, 2.75) is 51.0 Å². The fourth-order valence-electron chi connectivity index (χ4n) is 3.13. The lowest BCUT2D eigenvalue weighted by Gasteiger charge is -2.08. The minimum Gasteiger partial charge on any atom is -0.383 e. The molecule has 2 N–H and O–H groups in total. The molecule has 20 heavy (non-hydrogen) atoms. The monoisotopic (exact) mass is 267 g/mol. The summed E-state index contributed by atoms with van der Waals surface area (Å²) in [5.74, 6) is 3.41. The van der Waals surface area contributed by atoms with Gasteiger partial charge in [-0.05, 0) is 44.1 Å². The zero-order valence-electron chi connectivity index (χ0n) is 12.0. The van der Waals surface area contributed by atoms with Gasteiger partial charge < -0.3 is 10.3 Å². The van der Waals surface area contributed by atoms with E-state index in [4.69, 9.17) is 10.7 Å². The van der Waals surface area contributed by atoms with E-state index in [1.165, 1.54) is 42.6 Å². The summed E-state index contributed by atoms with van der Waals surface area (Å²) in [4.78, 5) is 4.92. The summed E-state index contributed by atoms with van der Waals surface area (Å²) >= 11 is 0. The normalized spacial score (nSPS) is 18.4. The minimum absolute atomic E-state index is 0.638. The molecule has 0 unspecified atom stereocenters. The van der Waals surface area contributed by atoms with E-state index in [2.05, 4.69) is 35.8 Å². The Bertz CT molecular complexity index is 648. The predicted octanol–water partition coefficient (Wildman–Crippen LogP) is 3.91. The maximum Gasteiger partial charge on any atom is 0.131 e. The summed E-state index contributed by atoms with van der Waals surface area (Å²) in [7, 11) is 0. The van der Waals surface area contributed by atoms with Crippen LogP contribution in [-0.2, 0) is 6.54 Å². The van der Waals surface area contributed by atoms with Gasteiger partial charge in [0.15, 0.2) is 0 Å². The number of rotatable bonds is 4. The van der Waals surface area contributed by atoms with E-state index < -0.39 is 0 Å². The highest BCUT2D eigenvalue weighted by atomic mass is 15.1. The highest BCUT2D eigenvalue weighted by Crippen LogP contribution is 2.47. The van der Waals surface area contributed by atoms with Crippen molar-refractivity contribution in [3.8, 4) is 11.3 Å². The maximum absolute atomic E-state index is 6.40. The van der Waals surface area contributed by atoms with Crippen molar-refractivity contribution in [3.63, 3.8) is 0 Å². The van der Waals surface area contributed by atoms with Crippen molar-refractivity contribution in [1.82, 2.24) is 9.55 Å². The van der Waals surface area contributed by atoms with Crippen LogP contribution in [0.4, 0.5) is 5.82 Å². The van der Waals surface area contributed by atoms with Gasteiger partial charge >= 0.3 is 0 Å². The number of nitrogens with zero attached hydrogens (tertiary/aromatic N) is 2. The van der Waals surface area contributed by atoms with Crippen molar-refractivity contribution in [2.24, 2.45) is 0 Å². The Hall–Kier alpha value is -1.77. The van der Waals surface area contributed by atoms with Gasteiger partial charge in [0.2, 0.25) is 0 Å². The van der Waals surface area contributed by atoms with Gasteiger partial charge in [-0.3, -0.25) is 0 Å². The number of nitrogen functional groups attached to an aromatic ring is 1. The molecule has 0 atom stereocenters. The smallest absolute Gasteiger partial charge is 0.131 e. The van der Waals surface area contributed by atoms with E-state index in [9.17, 15) is 0 Å².